The summed E-state index contributed by atoms with van der Waals surface area (Å²) in [5.41, 5.74) is 5.72. The minimum atomic E-state index is 0.241. The second kappa shape index (κ2) is 5.59. The number of nitrogens with two attached hydrogens (primary N) is 1. The van der Waals surface area contributed by atoms with Crippen LogP contribution in [0.2, 0.25) is 5.02 Å². The summed E-state index contributed by atoms with van der Waals surface area (Å²) < 4.78 is 0. The molecule has 2 unspecified atom stereocenters. The first-order valence-corrected chi connectivity index (χ1v) is 5.87. The monoisotopic (exact) mass is 230 g/mol. The molecule has 0 spiro atoms. The van der Waals surface area contributed by atoms with Crippen LogP contribution in [0.1, 0.15) is 20.3 Å². The van der Waals surface area contributed by atoms with Crippen LogP contribution in [-0.2, 0) is 0 Å². The fourth-order valence-corrected chi connectivity index (χ4v) is 2.39. The van der Waals surface area contributed by atoms with Crippen molar-refractivity contribution in [3.8, 4) is 0 Å². The van der Waals surface area contributed by atoms with Crippen LogP contribution in [-0.4, -0.2) is 16.3 Å². The summed E-state index contributed by atoms with van der Waals surface area (Å²) in [7, 11) is 0. The molecule has 0 fully saturated rings. The number of thioether (sulfide) groups is 1. The van der Waals surface area contributed by atoms with Crippen LogP contribution in [0.5, 0.6) is 0 Å². The van der Waals surface area contributed by atoms with E-state index in [1.807, 2.05) is 19.1 Å². The molecule has 0 aliphatic rings. The van der Waals surface area contributed by atoms with Crippen LogP contribution in [0.25, 0.3) is 0 Å². The third-order valence-electron chi connectivity index (χ3n) is 1.73. The SMILES string of the molecule is CC(N)CC(C)Sc1ccc(Cl)cn1. The van der Waals surface area contributed by atoms with Gasteiger partial charge in [-0.1, -0.05) is 18.5 Å². The lowest BCUT2D eigenvalue weighted by molar-refractivity contribution is 0.662. The number of pyridine rings is 1. The number of hydrogen-bond donors (Lipinski definition) is 1. The smallest absolute Gasteiger partial charge is 0.0963 e. The second-order valence-electron chi connectivity index (χ2n) is 3.46. The Bertz CT molecular complexity index is 274. The van der Waals surface area contributed by atoms with Crippen LogP contribution >= 0.6 is 23.4 Å². The molecular formula is C10H15ClN2S. The molecule has 0 saturated heterocycles. The van der Waals surface area contributed by atoms with E-state index in [9.17, 15) is 0 Å². The molecule has 1 aromatic rings. The summed E-state index contributed by atoms with van der Waals surface area (Å²) in [6, 6.07) is 4.03. The highest BCUT2D eigenvalue weighted by atomic mass is 35.5. The summed E-state index contributed by atoms with van der Waals surface area (Å²) in [6.45, 7) is 4.18. The van der Waals surface area contributed by atoms with E-state index >= 15 is 0 Å². The Labute approximate surface area is 94.2 Å². The van der Waals surface area contributed by atoms with Crippen LogP contribution < -0.4 is 5.73 Å². The highest BCUT2D eigenvalue weighted by Crippen LogP contribution is 2.24. The maximum Gasteiger partial charge on any atom is 0.0963 e. The van der Waals surface area contributed by atoms with Crippen molar-refractivity contribution in [2.24, 2.45) is 5.73 Å². The number of hydrogen-bond acceptors (Lipinski definition) is 3. The van der Waals surface area contributed by atoms with Gasteiger partial charge in [0, 0.05) is 17.5 Å². The van der Waals surface area contributed by atoms with E-state index in [2.05, 4.69) is 11.9 Å². The third-order valence-corrected chi connectivity index (χ3v) is 3.03. The second-order valence-corrected chi connectivity index (χ2v) is 5.35. The number of aromatic nitrogens is 1. The van der Waals surface area contributed by atoms with Crippen LogP contribution in [0.15, 0.2) is 23.4 Å². The highest BCUT2D eigenvalue weighted by Gasteiger charge is 2.07. The molecule has 14 heavy (non-hydrogen) atoms. The molecule has 4 heteroatoms. The lowest BCUT2D eigenvalue weighted by Crippen LogP contribution is -2.19. The van der Waals surface area contributed by atoms with E-state index in [4.69, 9.17) is 17.3 Å². The van der Waals surface area contributed by atoms with Gasteiger partial charge in [0.05, 0.1) is 10.0 Å². The van der Waals surface area contributed by atoms with Crippen molar-refractivity contribution in [3.63, 3.8) is 0 Å². The van der Waals surface area contributed by atoms with Gasteiger partial charge in [-0.15, -0.1) is 11.8 Å². The largest absolute Gasteiger partial charge is 0.328 e. The molecule has 1 heterocycles. The summed E-state index contributed by atoms with van der Waals surface area (Å²) in [5, 5.41) is 2.17. The van der Waals surface area contributed by atoms with Gasteiger partial charge < -0.3 is 5.73 Å². The Hall–Kier alpha value is -0.250. The Morgan fingerprint density at radius 2 is 2.21 bits per heavy atom. The summed E-state index contributed by atoms with van der Waals surface area (Å²) >= 11 is 7.47. The first-order valence-electron chi connectivity index (χ1n) is 4.61. The molecule has 0 aromatic carbocycles. The van der Waals surface area contributed by atoms with E-state index in [-0.39, 0.29) is 6.04 Å². The Morgan fingerprint density at radius 1 is 1.50 bits per heavy atom. The normalized spacial score (nSPS) is 15.1. The zero-order chi connectivity index (χ0) is 10.6. The average molecular weight is 231 g/mol. The van der Waals surface area contributed by atoms with Gasteiger partial charge in [-0.25, -0.2) is 4.98 Å². The van der Waals surface area contributed by atoms with Gasteiger partial charge in [0.2, 0.25) is 0 Å². The molecular weight excluding hydrogens is 216 g/mol. The summed E-state index contributed by atoms with van der Waals surface area (Å²) in [6.07, 6.45) is 2.66. The van der Waals surface area contributed by atoms with Gasteiger partial charge in [-0.3, -0.25) is 0 Å². The molecule has 0 bridgehead atoms. The molecule has 2 nitrogen and oxygen atoms in total. The average Bonchev–Trinajstić information content (AvgIpc) is 2.07. The maximum absolute atomic E-state index is 5.74. The van der Waals surface area contributed by atoms with Crippen molar-refractivity contribution < 1.29 is 0 Å². The lowest BCUT2D eigenvalue weighted by atomic mass is 10.2. The third kappa shape index (κ3) is 4.31. The Balaban J connectivity index is 2.47. The van der Waals surface area contributed by atoms with Crippen molar-refractivity contribution in [2.75, 3.05) is 0 Å². The fourth-order valence-electron chi connectivity index (χ4n) is 1.21. The Morgan fingerprint density at radius 3 is 2.71 bits per heavy atom. The zero-order valence-corrected chi connectivity index (χ0v) is 9.98. The lowest BCUT2D eigenvalue weighted by Gasteiger charge is -2.12. The predicted octanol–water partition coefficient (Wildman–Crippen LogP) is 2.95. The molecule has 78 valence electrons. The van der Waals surface area contributed by atoms with Gasteiger partial charge in [0.15, 0.2) is 0 Å². The van der Waals surface area contributed by atoms with E-state index in [0.717, 1.165) is 11.4 Å². The van der Waals surface area contributed by atoms with Gasteiger partial charge in [-0.2, -0.15) is 0 Å². The predicted molar refractivity (Wildman–Crippen MR) is 62.8 cm³/mol. The number of halogens is 1. The molecule has 0 amide bonds. The van der Waals surface area contributed by atoms with Crippen LogP contribution in [0.4, 0.5) is 0 Å². The number of rotatable bonds is 4. The maximum atomic E-state index is 5.74. The highest BCUT2D eigenvalue weighted by molar-refractivity contribution is 7.99. The molecule has 2 N–H and O–H groups in total. The first kappa shape index (κ1) is 11.8. The standard InChI is InChI=1S/C10H15ClN2S/c1-7(12)5-8(2)14-10-4-3-9(11)6-13-10/h3-4,6-8H,5,12H2,1-2H3. The van der Waals surface area contributed by atoms with Crippen molar-refractivity contribution in [3.05, 3.63) is 23.4 Å². The summed E-state index contributed by atoms with van der Waals surface area (Å²) in [5.74, 6) is 0. The summed E-state index contributed by atoms with van der Waals surface area (Å²) in [4.78, 5) is 4.22. The van der Waals surface area contributed by atoms with Gasteiger partial charge in [-0.05, 0) is 25.5 Å². The van der Waals surface area contributed by atoms with Crippen molar-refractivity contribution >= 4 is 23.4 Å². The molecule has 0 saturated carbocycles. The molecule has 0 aliphatic heterocycles. The van der Waals surface area contributed by atoms with Gasteiger partial charge in [0.1, 0.15) is 0 Å². The Kier molecular flexibility index (Phi) is 4.72. The molecule has 2 atom stereocenters. The van der Waals surface area contributed by atoms with Gasteiger partial charge >= 0.3 is 0 Å². The van der Waals surface area contributed by atoms with E-state index < -0.39 is 0 Å². The van der Waals surface area contributed by atoms with E-state index in [1.54, 1.807) is 18.0 Å². The molecule has 0 radical (unpaired) electrons. The van der Waals surface area contributed by atoms with Crippen molar-refractivity contribution in [1.29, 1.82) is 0 Å². The van der Waals surface area contributed by atoms with E-state index in [0.29, 0.717) is 10.3 Å². The first-order chi connectivity index (χ1) is 6.58. The van der Waals surface area contributed by atoms with Crippen LogP contribution in [0, 0.1) is 0 Å². The number of nitrogens with zero attached hydrogens (tertiary/aromatic N) is 1. The molecule has 0 aliphatic carbocycles. The molecule has 1 aromatic heterocycles. The minimum absolute atomic E-state index is 0.241. The van der Waals surface area contributed by atoms with Gasteiger partial charge in [0.25, 0.3) is 0 Å². The molecule has 1 rings (SSSR count). The zero-order valence-electron chi connectivity index (χ0n) is 8.40. The topological polar surface area (TPSA) is 38.9 Å². The van der Waals surface area contributed by atoms with Crippen LogP contribution in [0.3, 0.4) is 0 Å². The van der Waals surface area contributed by atoms with Crippen molar-refractivity contribution in [2.45, 2.75) is 36.6 Å². The fraction of sp³-hybridized carbons (Fsp3) is 0.500. The van der Waals surface area contributed by atoms with Crippen molar-refractivity contribution in [1.82, 2.24) is 4.98 Å². The quantitative estimate of drug-likeness (QED) is 0.809. The van der Waals surface area contributed by atoms with E-state index in [1.165, 1.54) is 0 Å². The minimum Gasteiger partial charge on any atom is -0.328 e.